The van der Waals surface area contributed by atoms with Crippen molar-refractivity contribution in [2.75, 3.05) is 0 Å². The van der Waals surface area contributed by atoms with Gasteiger partial charge in [-0.15, -0.1) is 28.5 Å². The minimum absolute atomic E-state index is 0. The largest absolute Gasteiger partial charge is 0.358 e. The van der Waals surface area contributed by atoms with Gasteiger partial charge >= 0.3 is 41.9 Å². The van der Waals surface area contributed by atoms with E-state index < -0.39 is 0 Å². The fraction of sp³-hybridized carbons (Fsp3) is 0.357. The fourth-order valence-electron chi connectivity index (χ4n) is 3.47. The summed E-state index contributed by atoms with van der Waals surface area (Å²) in [5, 5.41) is 2.79. The molecule has 3 aromatic rings. The normalized spacial score (nSPS) is 10.5. The summed E-state index contributed by atoms with van der Waals surface area (Å²) in [4.78, 5) is 0. The van der Waals surface area contributed by atoms with Crippen molar-refractivity contribution in [3.05, 3.63) is 98.9 Å². The molecule has 0 saturated heterocycles. The summed E-state index contributed by atoms with van der Waals surface area (Å²) >= 11 is 5.48. The molecule has 4 rings (SSSR count). The second-order valence-corrected chi connectivity index (χ2v) is 17.8. The molecule has 0 radical (unpaired) electrons. The van der Waals surface area contributed by atoms with Crippen LogP contribution in [0.3, 0.4) is 0 Å². The van der Waals surface area contributed by atoms with Crippen LogP contribution in [-0.2, 0) is 42.6 Å². The van der Waals surface area contributed by atoms with E-state index in [-0.39, 0.29) is 35.1 Å². The molecule has 174 valence electrons. The van der Waals surface area contributed by atoms with Gasteiger partial charge in [-0.25, -0.2) is 6.07 Å². The van der Waals surface area contributed by atoms with E-state index in [4.69, 9.17) is 0 Å². The Kier molecular flexibility index (Phi) is 20.8. The molecule has 0 aromatic heterocycles. The quantitative estimate of drug-likeness (QED) is 0.214. The zero-order valence-corrected chi connectivity index (χ0v) is 26.2. The van der Waals surface area contributed by atoms with Crippen LogP contribution in [0, 0.1) is 36.6 Å². The zero-order valence-electron chi connectivity index (χ0n) is 21.2. The monoisotopic (exact) mass is 576 g/mol. The third kappa shape index (κ3) is 11.4. The van der Waals surface area contributed by atoms with Crippen LogP contribution >= 0.6 is 15.9 Å². The van der Waals surface area contributed by atoms with Gasteiger partial charge in [-0.3, -0.25) is 0 Å². The van der Waals surface area contributed by atoms with Gasteiger partial charge in [-0.05, 0) is 29.3 Å². The van der Waals surface area contributed by atoms with Gasteiger partial charge < -0.3 is 29.7 Å². The number of rotatable bonds is 3. The van der Waals surface area contributed by atoms with E-state index in [0.29, 0.717) is 0 Å². The van der Waals surface area contributed by atoms with Crippen molar-refractivity contribution < 1.29 is 23.3 Å². The molecule has 0 unspecified atom stereocenters. The Labute approximate surface area is 218 Å². The van der Waals surface area contributed by atoms with E-state index in [1.165, 1.54) is 64.9 Å². The van der Waals surface area contributed by atoms with Crippen molar-refractivity contribution in [2.24, 2.45) is 0 Å². The molecule has 0 saturated carbocycles. The van der Waals surface area contributed by atoms with Crippen molar-refractivity contribution in [3.63, 3.8) is 0 Å². The molecule has 3 aromatic carbocycles. The van der Waals surface area contributed by atoms with Gasteiger partial charge in [0.25, 0.3) is 0 Å². The summed E-state index contributed by atoms with van der Waals surface area (Å²) in [6.07, 6.45) is 7.70. The topological polar surface area (TPSA) is 0 Å². The van der Waals surface area contributed by atoms with E-state index in [1.54, 1.807) is 34.5 Å². The number of halogens is 1. The first kappa shape index (κ1) is 35.4. The Balaban J connectivity index is -0.000000409. The van der Waals surface area contributed by atoms with Crippen LogP contribution in [0.25, 0.3) is 10.8 Å². The molecule has 0 nitrogen and oxygen atoms in total. The SMILES string of the molecule is CCCCc1cc[cH-]c1.C[Si](C)=[Zr+2].Cc1cc2c(Br)c3c(cc2[cH-]1)CCC3.[CH3-].[CH3-].[CH3-].[CH3-]. The predicted octanol–water partition coefficient (Wildman–Crippen LogP) is 9.45. The first-order valence-corrected chi connectivity index (χ1v) is 17.0. The average Bonchev–Trinajstić information content (AvgIpc) is 3.33. The maximum atomic E-state index is 3.75. The van der Waals surface area contributed by atoms with Gasteiger partial charge in [0.1, 0.15) is 0 Å². The Hall–Kier alpha value is -0.240. The number of aryl methyl sites for hydroxylation is 3. The van der Waals surface area contributed by atoms with Crippen LogP contribution in [0.4, 0.5) is 0 Å². The van der Waals surface area contributed by atoms with Crippen LogP contribution in [-0.4, -0.2) is 5.43 Å². The van der Waals surface area contributed by atoms with Gasteiger partial charge in [0, 0.05) is 0 Å². The summed E-state index contributed by atoms with van der Waals surface area (Å²) < 4.78 is 1.34. The number of unbranched alkanes of at least 4 members (excludes halogenated alkanes) is 1. The molecule has 0 N–H and O–H groups in total. The van der Waals surface area contributed by atoms with Crippen LogP contribution in [0.1, 0.15) is 48.4 Å². The van der Waals surface area contributed by atoms with E-state index >= 15 is 0 Å². The molecular formula is C28H43BrSiZr-4. The van der Waals surface area contributed by atoms with Crippen LogP contribution in [0.5, 0.6) is 0 Å². The Morgan fingerprint density at radius 2 is 1.74 bits per heavy atom. The first-order valence-electron chi connectivity index (χ1n) is 10.0. The van der Waals surface area contributed by atoms with E-state index in [1.807, 2.05) is 0 Å². The smallest absolute Gasteiger partial charge is 0.0227 e. The van der Waals surface area contributed by atoms with Crippen molar-refractivity contribution in [1.29, 1.82) is 0 Å². The maximum absolute atomic E-state index is 3.75. The minimum Gasteiger partial charge on any atom is -0.358 e. The summed E-state index contributed by atoms with van der Waals surface area (Å²) in [6.45, 7) is 9.01. The number of hydrogen-bond acceptors (Lipinski definition) is 0. The fourth-order valence-corrected chi connectivity index (χ4v) is 4.27. The van der Waals surface area contributed by atoms with Crippen molar-refractivity contribution >= 4 is 32.1 Å². The third-order valence-corrected chi connectivity index (χ3v) is 5.61. The molecule has 0 aliphatic heterocycles. The summed E-state index contributed by atoms with van der Waals surface area (Å²) in [5.74, 6) is 0. The molecule has 0 spiro atoms. The van der Waals surface area contributed by atoms with E-state index in [9.17, 15) is 0 Å². The summed E-state index contributed by atoms with van der Waals surface area (Å²) in [7, 11) is 0. The average molecular weight is 579 g/mol. The van der Waals surface area contributed by atoms with Crippen LogP contribution < -0.4 is 0 Å². The van der Waals surface area contributed by atoms with Crippen molar-refractivity contribution in [3.8, 4) is 0 Å². The molecule has 1 aliphatic carbocycles. The summed E-state index contributed by atoms with van der Waals surface area (Å²) in [6, 6.07) is 15.5. The molecule has 0 amide bonds. The third-order valence-electron chi connectivity index (χ3n) is 4.71. The van der Waals surface area contributed by atoms with Gasteiger partial charge in [-0.1, -0.05) is 54.6 Å². The van der Waals surface area contributed by atoms with E-state index in [2.05, 4.69) is 85.3 Å². The minimum atomic E-state index is 0. The Morgan fingerprint density at radius 1 is 1.10 bits per heavy atom. The van der Waals surface area contributed by atoms with Crippen LogP contribution in [0.2, 0.25) is 13.1 Å². The molecule has 31 heavy (non-hydrogen) atoms. The van der Waals surface area contributed by atoms with Crippen molar-refractivity contribution in [1.82, 2.24) is 0 Å². The van der Waals surface area contributed by atoms with Crippen molar-refractivity contribution in [2.45, 2.75) is 65.5 Å². The second-order valence-electron chi connectivity index (χ2n) is 7.61. The number of hydrogen-bond donors (Lipinski definition) is 0. The van der Waals surface area contributed by atoms with Gasteiger partial charge in [-0.2, -0.15) is 29.8 Å². The molecule has 0 atom stereocenters. The number of fused-ring (bicyclic) bond motifs is 2. The second kappa shape index (κ2) is 18.2. The summed E-state index contributed by atoms with van der Waals surface area (Å²) in [5.41, 5.74) is 6.15. The molecule has 1 aliphatic rings. The molecule has 0 bridgehead atoms. The van der Waals surface area contributed by atoms with E-state index in [0.717, 1.165) is 0 Å². The molecule has 3 heteroatoms. The van der Waals surface area contributed by atoms with Gasteiger partial charge in [0.05, 0.1) is 0 Å². The Morgan fingerprint density at radius 3 is 2.29 bits per heavy atom. The molecule has 0 heterocycles. The zero-order chi connectivity index (χ0) is 19.8. The molecule has 0 fully saturated rings. The predicted molar refractivity (Wildman–Crippen MR) is 148 cm³/mol. The van der Waals surface area contributed by atoms with Crippen LogP contribution in [0.15, 0.2) is 46.9 Å². The maximum Gasteiger partial charge on any atom is -0.0227 e. The van der Waals surface area contributed by atoms with Gasteiger partial charge in [0.2, 0.25) is 0 Å². The molecular weight excluding hydrogens is 536 g/mol. The number of benzene rings is 1. The Bertz CT molecular complexity index is 855. The standard InChI is InChI=1S/C13H12Br.C9H13.C2H6Si.4CH3.Zr/c1-8-5-10-7-9-3-2-4-11(9)13(14)12(10)6-8;1-2-3-6-9-7-4-5-8-9;1-3-2;;;;;/h5-7H,2-4H2,1H3;4-5,7-8H,2-3,6H2,1H3;1-2H3;4*1H3;/q2*-1;;4*-1;+2. The van der Waals surface area contributed by atoms with Gasteiger partial charge in [0.15, 0.2) is 0 Å². The first-order chi connectivity index (χ1) is 12.9.